The number of fused-ring (bicyclic) bond motifs is 1. The summed E-state index contributed by atoms with van der Waals surface area (Å²) < 4.78 is 11.1. The number of rotatable bonds is 4. The molecule has 1 aromatic heterocycles. The molecule has 0 saturated carbocycles. The molecule has 0 atom stereocenters. The molecule has 8 heteroatoms. The number of H-pyrrole nitrogens is 1. The zero-order valence-corrected chi connectivity index (χ0v) is 12.0. The molecule has 1 aliphatic rings. The van der Waals surface area contributed by atoms with Crippen LogP contribution in [0.15, 0.2) is 29.7 Å². The number of ether oxygens (including phenoxy) is 2. The van der Waals surface area contributed by atoms with E-state index in [1.54, 1.807) is 18.2 Å². The summed E-state index contributed by atoms with van der Waals surface area (Å²) in [7, 11) is 0. The van der Waals surface area contributed by atoms with Crippen molar-refractivity contribution in [3.63, 3.8) is 0 Å². The molecule has 7 nitrogen and oxygen atoms in total. The van der Waals surface area contributed by atoms with Crippen LogP contribution in [0.5, 0.6) is 11.5 Å². The van der Waals surface area contributed by atoms with E-state index in [1.807, 2.05) is 0 Å². The summed E-state index contributed by atoms with van der Waals surface area (Å²) in [5.74, 6) is 1.50. The molecule has 1 aromatic carbocycles. The summed E-state index contributed by atoms with van der Waals surface area (Å²) in [6.07, 6.45) is 2.26. The predicted octanol–water partition coefficient (Wildman–Crippen LogP) is 1.70. The number of benzene rings is 1. The number of nitrogens with one attached hydrogen (secondary N) is 2. The zero-order valence-electron chi connectivity index (χ0n) is 11.2. The number of amides is 1. The van der Waals surface area contributed by atoms with E-state index in [0.29, 0.717) is 35.6 Å². The van der Waals surface area contributed by atoms with Crippen LogP contribution in [0, 0.1) is 0 Å². The summed E-state index contributed by atoms with van der Waals surface area (Å²) in [6.45, 7) is 1.26. The van der Waals surface area contributed by atoms with Crippen molar-refractivity contribution >= 4 is 23.4 Å². The smallest absolute Gasteiger partial charge is 0.234 e. The Morgan fingerprint density at radius 2 is 2.19 bits per heavy atom. The fourth-order valence-electron chi connectivity index (χ4n) is 1.84. The van der Waals surface area contributed by atoms with Gasteiger partial charge in [0.2, 0.25) is 5.91 Å². The van der Waals surface area contributed by atoms with Gasteiger partial charge >= 0.3 is 0 Å². The van der Waals surface area contributed by atoms with E-state index < -0.39 is 0 Å². The average Bonchev–Trinajstić information content (AvgIpc) is 2.90. The Labute approximate surface area is 125 Å². The Hall–Kier alpha value is -2.22. The highest BCUT2D eigenvalue weighted by atomic mass is 32.2. The van der Waals surface area contributed by atoms with Gasteiger partial charge in [-0.3, -0.25) is 9.89 Å². The summed E-state index contributed by atoms with van der Waals surface area (Å²) in [4.78, 5) is 15.8. The molecule has 21 heavy (non-hydrogen) atoms. The number of nitrogens with zero attached hydrogens (tertiary/aromatic N) is 2. The lowest BCUT2D eigenvalue weighted by Crippen LogP contribution is -2.14. The first-order chi connectivity index (χ1) is 10.3. The Bertz CT molecular complexity index is 618. The average molecular weight is 306 g/mol. The molecule has 2 heterocycles. The second-order valence-corrected chi connectivity index (χ2v) is 5.30. The van der Waals surface area contributed by atoms with Crippen LogP contribution in [0.1, 0.15) is 6.42 Å². The standard InChI is InChI=1S/C13H14N4O3S/c18-12(7-21-13-14-8-15-17-13)16-9-2-3-10-11(6-9)20-5-1-4-19-10/h2-3,6,8H,1,4-5,7H2,(H,16,18)(H,14,15,17). The Morgan fingerprint density at radius 3 is 3.00 bits per heavy atom. The van der Waals surface area contributed by atoms with Gasteiger partial charge < -0.3 is 14.8 Å². The van der Waals surface area contributed by atoms with Crippen LogP contribution in [-0.4, -0.2) is 40.1 Å². The van der Waals surface area contributed by atoms with Crippen molar-refractivity contribution in [2.45, 2.75) is 11.6 Å². The van der Waals surface area contributed by atoms with Gasteiger partial charge in [0, 0.05) is 18.2 Å². The van der Waals surface area contributed by atoms with Crippen LogP contribution < -0.4 is 14.8 Å². The van der Waals surface area contributed by atoms with Gasteiger partial charge in [0.15, 0.2) is 16.7 Å². The molecule has 0 fully saturated rings. The molecule has 0 saturated heterocycles. The van der Waals surface area contributed by atoms with Gasteiger partial charge in [-0.15, -0.1) is 0 Å². The van der Waals surface area contributed by atoms with Crippen molar-refractivity contribution < 1.29 is 14.3 Å². The summed E-state index contributed by atoms with van der Waals surface area (Å²) in [5.41, 5.74) is 0.683. The maximum absolute atomic E-state index is 11.9. The number of hydrogen-bond acceptors (Lipinski definition) is 6. The van der Waals surface area contributed by atoms with Crippen molar-refractivity contribution in [1.82, 2.24) is 15.2 Å². The molecule has 3 rings (SSSR count). The number of aromatic amines is 1. The van der Waals surface area contributed by atoms with Gasteiger partial charge in [-0.2, -0.15) is 5.10 Å². The van der Waals surface area contributed by atoms with E-state index in [0.717, 1.165) is 6.42 Å². The van der Waals surface area contributed by atoms with Crippen molar-refractivity contribution in [1.29, 1.82) is 0 Å². The van der Waals surface area contributed by atoms with Crippen LogP contribution in [-0.2, 0) is 4.79 Å². The first-order valence-electron chi connectivity index (χ1n) is 6.49. The van der Waals surface area contributed by atoms with E-state index in [4.69, 9.17) is 9.47 Å². The van der Waals surface area contributed by atoms with Crippen molar-refractivity contribution in [2.75, 3.05) is 24.3 Å². The van der Waals surface area contributed by atoms with E-state index >= 15 is 0 Å². The minimum Gasteiger partial charge on any atom is -0.490 e. The first-order valence-corrected chi connectivity index (χ1v) is 7.47. The van der Waals surface area contributed by atoms with Crippen LogP contribution >= 0.6 is 11.8 Å². The van der Waals surface area contributed by atoms with Gasteiger partial charge in [0.05, 0.1) is 19.0 Å². The predicted molar refractivity (Wildman–Crippen MR) is 77.8 cm³/mol. The number of thioether (sulfide) groups is 1. The molecule has 0 aliphatic carbocycles. The second kappa shape index (κ2) is 6.49. The normalized spacial score (nSPS) is 13.5. The van der Waals surface area contributed by atoms with Crippen molar-refractivity contribution in [3.8, 4) is 11.5 Å². The van der Waals surface area contributed by atoms with E-state index in [-0.39, 0.29) is 11.7 Å². The number of carbonyl (C=O) groups is 1. The van der Waals surface area contributed by atoms with Crippen molar-refractivity contribution in [3.05, 3.63) is 24.5 Å². The third-order valence-corrected chi connectivity index (χ3v) is 3.64. The SMILES string of the molecule is O=C(CSc1ncn[nH]1)Nc1ccc2c(c1)OCCCO2. The Balaban J connectivity index is 1.59. The fourth-order valence-corrected chi connectivity index (χ4v) is 2.41. The molecule has 0 radical (unpaired) electrons. The number of carbonyl (C=O) groups excluding carboxylic acids is 1. The lowest BCUT2D eigenvalue weighted by molar-refractivity contribution is -0.113. The topological polar surface area (TPSA) is 89.1 Å². The van der Waals surface area contributed by atoms with Gasteiger partial charge in [-0.25, -0.2) is 4.98 Å². The van der Waals surface area contributed by atoms with Gasteiger partial charge in [0.25, 0.3) is 0 Å². The molecule has 1 aliphatic heterocycles. The third-order valence-electron chi connectivity index (χ3n) is 2.76. The molecular weight excluding hydrogens is 292 g/mol. The van der Waals surface area contributed by atoms with Crippen LogP contribution in [0.2, 0.25) is 0 Å². The van der Waals surface area contributed by atoms with E-state index in [9.17, 15) is 4.79 Å². The summed E-state index contributed by atoms with van der Waals surface area (Å²) in [6, 6.07) is 5.38. The molecule has 0 bridgehead atoms. The third kappa shape index (κ3) is 3.66. The Morgan fingerprint density at radius 1 is 1.33 bits per heavy atom. The fraction of sp³-hybridized carbons (Fsp3) is 0.308. The molecule has 0 unspecified atom stereocenters. The highest BCUT2D eigenvalue weighted by Crippen LogP contribution is 2.32. The minimum atomic E-state index is -0.120. The van der Waals surface area contributed by atoms with E-state index in [1.165, 1.54) is 18.1 Å². The van der Waals surface area contributed by atoms with Crippen LogP contribution in [0.3, 0.4) is 0 Å². The second-order valence-electron chi connectivity index (χ2n) is 4.34. The molecule has 110 valence electrons. The number of hydrogen-bond donors (Lipinski definition) is 2. The quantitative estimate of drug-likeness (QED) is 0.836. The van der Waals surface area contributed by atoms with Gasteiger partial charge in [-0.05, 0) is 12.1 Å². The first kappa shape index (κ1) is 13.7. The lowest BCUT2D eigenvalue weighted by Gasteiger charge is -2.10. The summed E-state index contributed by atoms with van der Waals surface area (Å²) in [5, 5.41) is 9.84. The van der Waals surface area contributed by atoms with Crippen LogP contribution in [0.4, 0.5) is 5.69 Å². The van der Waals surface area contributed by atoms with Gasteiger partial charge in [0.1, 0.15) is 6.33 Å². The highest BCUT2D eigenvalue weighted by Gasteiger charge is 2.12. The molecular formula is C13H14N4O3S. The van der Waals surface area contributed by atoms with Gasteiger partial charge in [-0.1, -0.05) is 11.8 Å². The highest BCUT2D eigenvalue weighted by molar-refractivity contribution is 7.99. The summed E-state index contributed by atoms with van der Waals surface area (Å²) >= 11 is 1.29. The molecule has 2 N–H and O–H groups in total. The Kier molecular flexibility index (Phi) is 4.25. The zero-order chi connectivity index (χ0) is 14.5. The number of aromatic nitrogens is 3. The lowest BCUT2D eigenvalue weighted by atomic mass is 10.2. The largest absolute Gasteiger partial charge is 0.490 e. The van der Waals surface area contributed by atoms with Crippen LogP contribution in [0.25, 0.3) is 0 Å². The van der Waals surface area contributed by atoms with E-state index in [2.05, 4.69) is 20.5 Å². The number of anilines is 1. The maximum Gasteiger partial charge on any atom is 0.234 e. The molecule has 0 spiro atoms. The maximum atomic E-state index is 11.9. The van der Waals surface area contributed by atoms with Crippen molar-refractivity contribution in [2.24, 2.45) is 0 Å². The molecule has 1 amide bonds. The monoisotopic (exact) mass is 306 g/mol. The molecule has 2 aromatic rings. The minimum absolute atomic E-state index is 0.120.